The van der Waals surface area contributed by atoms with Crippen molar-refractivity contribution < 1.29 is 9.53 Å². The van der Waals surface area contributed by atoms with E-state index in [-0.39, 0.29) is 18.4 Å². The molecule has 0 aliphatic carbocycles. The van der Waals surface area contributed by atoms with Crippen LogP contribution in [0.1, 0.15) is 12.5 Å². The first-order valence-corrected chi connectivity index (χ1v) is 4.28. The first-order valence-electron chi connectivity index (χ1n) is 4.28. The zero-order valence-corrected chi connectivity index (χ0v) is 9.16. The number of halogens is 1. The number of hydrogen-bond donors (Lipinski definition) is 1. The molecule has 0 fully saturated rings. The first-order chi connectivity index (χ1) is 6.74. The van der Waals surface area contributed by atoms with Gasteiger partial charge in [0, 0.05) is 29.7 Å². The van der Waals surface area contributed by atoms with Crippen LogP contribution in [0.3, 0.4) is 0 Å². The predicted molar refractivity (Wildman–Crippen MR) is 61.6 cm³/mol. The molecule has 15 heavy (non-hydrogen) atoms. The fraction of sp³-hybridized carbons (Fsp3) is 0.200. The van der Waals surface area contributed by atoms with Gasteiger partial charge in [0.2, 0.25) is 0 Å². The van der Waals surface area contributed by atoms with Crippen LogP contribution in [0.25, 0.3) is 6.08 Å². The van der Waals surface area contributed by atoms with Crippen molar-refractivity contribution in [3.63, 3.8) is 0 Å². The minimum absolute atomic E-state index is 0. The Balaban J connectivity index is 0.00000196. The van der Waals surface area contributed by atoms with Crippen LogP contribution in [0.15, 0.2) is 24.5 Å². The summed E-state index contributed by atoms with van der Waals surface area (Å²) in [7, 11) is 0. The van der Waals surface area contributed by atoms with Crippen LogP contribution in [0.4, 0.5) is 5.69 Å². The van der Waals surface area contributed by atoms with Gasteiger partial charge >= 0.3 is 5.97 Å². The van der Waals surface area contributed by atoms with Crippen molar-refractivity contribution in [3.05, 3.63) is 30.1 Å². The van der Waals surface area contributed by atoms with E-state index in [1.807, 2.05) is 0 Å². The number of ether oxygens (including phenoxy) is 1. The molecule has 1 rings (SSSR count). The van der Waals surface area contributed by atoms with E-state index < -0.39 is 0 Å². The number of nitrogen functional groups attached to an aromatic ring is 1. The van der Waals surface area contributed by atoms with Gasteiger partial charge in [-0.25, -0.2) is 4.79 Å². The summed E-state index contributed by atoms with van der Waals surface area (Å²) < 4.78 is 4.72. The van der Waals surface area contributed by atoms with E-state index in [1.54, 1.807) is 31.5 Å². The van der Waals surface area contributed by atoms with E-state index in [9.17, 15) is 4.79 Å². The largest absolute Gasteiger partial charge is 0.463 e. The molecule has 0 aliphatic rings. The Bertz CT molecular complexity index is 353. The normalized spacial score (nSPS) is 9.67. The van der Waals surface area contributed by atoms with Gasteiger partial charge < -0.3 is 10.5 Å². The van der Waals surface area contributed by atoms with Crippen molar-refractivity contribution in [2.45, 2.75) is 6.92 Å². The lowest BCUT2D eigenvalue weighted by molar-refractivity contribution is -0.137. The Labute approximate surface area is 94.6 Å². The lowest BCUT2D eigenvalue weighted by Gasteiger charge is -1.98. The minimum atomic E-state index is -0.379. The van der Waals surface area contributed by atoms with Crippen LogP contribution in [-0.2, 0) is 9.53 Å². The third-order valence-electron chi connectivity index (χ3n) is 1.57. The van der Waals surface area contributed by atoms with Gasteiger partial charge in [0.1, 0.15) is 0 Å². The molecule has 0 saturated carbocycles. The highest BCUT2D eigenvalue weighted by Gasteiger charge is 1.96. The van der Waals surface area contributed by atoms with Gasteiger partial charge in [-0.3, -0.25) is 4.98 Å². The lowest BCUT2D eigenvalue weighted by Crippen LogP contribution is -1.99. The highest BCUT2D eigenvalue weighted by Crippen LogP contribution is 2.10. The van der Waals surface area contributed by atoms with Crippen molar-refractivity contribution in [2.24, 2.45) is 0 Å². The maximum absolute atomic E-state index is 11.0. The SMILES string of the molecule is CCOC(=O)/C=C/c1cnccc1N.Cl. The summed E-state index contributed by atoms with van der Waals surface area (Å²) in [5.41, 5.74) is 6.93. The minimum Gasteiger partial charge on any atom is -0.463 e. The molecule has 0 amide bonds. The molecule has 0 atom stereocenters. The number of pyridine rings is 1. The summed E-state index contributed by atoms with van der Waals surface area (Å²) in [4.78, 5) is 14.8. The number of carbonyl (C=O) groups excluding carboxylic acids is 1. The van der Waals surface area contributed by atoms with E-state index in [0.717, 1.165) is 0 Å². The zero-order valence-electron chi connectivity index (χ0n) is 8.34. The van der Waals surface area contributed by atoms with Crippen LogP contribution in [0, 0.1) is 0 Å². The summed E-state index contributed by atoms with van der Waals surface area (Å²) in [6, 6.07) is 1.67. The Morgan fingerprint density at radius 2 is 2.40 bits per heavy atom. The third-order valence-corrected chi connectivity index (χ3v) is 1.57. The summed E-state index contributed by atoms with van der Waals surface area (Å²) in [6.45, 7) is 2.12. The van der Waals surface area contributed by atoms with Gasteiger partial charge in [0.15, 0.2) is 0 Å². The highest BCUT2D eigenvalue weighted by atomic mass is 35.5. The van der Waals surface area contributed by atoms with Crippen LogP contribution in [0.5, 0.6) is 0 Å². The standard InChI is InChI=1S/C10H12N2O2.ClH/c1-2-14-10(13)4-3-8-7-12-6-5-9(8)11;/h3-7H,2H2,1H3,(H2,11,12);1H/b4-3+;. The smallest absolute Gasteiger partial charge is 0.330 e. The Morgan fingerprint density at radius 1 is 1.67 bits per heavy atom. The molecule has 2 N–H and O–H groups in total. The Kier molecular flexibility index (Phi) is 6.13. The average Bonchev–Trinajstić information content (AvgIpc) is 2.17. The summed E-state index contributed by atoms with van der Waals surface area (Å²) in [6.07, 6.45) is 6.10. The van der Waals surface area contributed by atoms with E-state index >= 15 is 0 Å². The van der Waals surface area contributed by atoms with E-state index in [2.05, 4.69) is 4.98 Å². The molecule has 0 unspecified atom stereocenters. The third kappa shape index (κ3) is 4.46. The first kappa shape index (κ1) is 13.5. The van der Waals surface area contributed by atoms with Gasteiger partial charge in [0.05, 0.1) is 6.61 Å². The monoisotopic (exact) mass is 228 g/mol. The molecule has 0 spiro atoms. The van der Waals surface area contributed by atoms with Crippen molar-refractivity contribution in [3.8, 4) is 0 Å². The van der Waals surface area contributed by atoms with E-state index in [0.29, 0.717) is 17.9 Å². The van der Waals surface area contributed by atoms with Gasteiger partial charge in [0.25, 0.3) is 0 Å². The maximum atomic E-state index is 11.0. The molecule has 82 valence electrons. The van der Waals surface area contributed by atoms with Gasteiger partial charge in [-0.15, -0.1) is 12.4 Å². The average molecular weight is 229 g/mol. The molecule has 5 heteroatoms. The van der Waals surface area contributed by atoms with Gasteiger partial charge in [-0.1, -0.05) is 0 Å². The Morgan fingerprint density at radius 3 is 3.00 bits per heavy atom. The summed E-state index contributed by atoms with van der Waals surface area (Å²) in [5, 5.41) is 0. The number of aromatic nitrogens is 1. The highest BCUT2D eigenvalue weighted by molar-refractivity contribution is 5.88. The Hall–Kier alpha value is -1.55. The molecule has 0 aromatic carbocycles. The molecule has 0 aliphatic heterocycles. The molecule has 1 aromatic rings. The number of nitrogens with two attached hydrogens (primary N) is 1. The van der Waals surface area contributed by atoms with E-state index in [1.165, 1.54) is 6.08 Å². The number of anilines is 1. The quantitative estimate of drug-likeness (QED) is 0.631. The lowest BCUT2D eigenvalue weighted by atomic mass is 10.2. The van der Waals surface area contributed by atoms with Crippen LogP contribution < -0.4 is 5.73 Å². The molecule has 1 aromatic heterocycles. The molecular weight excluding hydrogens is 216 g/mol. The predicted octanol–water partition coefficient (Wildman–Crippen LogP) is 1.66. The molecule has 4 nitrogen and oxygen atoms in total. The van der Waals surface area contributed by atoms with Crippen molar-refractivity contribution in [1.29, 1.82) is 0 Å². The fourth-order valence-corrected chi connectivity index (χ4v) is 0.905. The number of hydrogen-bond acceptors (Lipinski definition) is 4. The maximum Gasteiger partial charge on any atom is 0.330 e. The van der Waals surface area contributed by atoms with Crippen LogP contribution in [0.2, 0.25) is 0 Å². The molecule has 0 bridgehead atoms. The van der Waals surface area contributed by atoms with E-state index in [4.69, 9.17) is 10.5 Å². The van der Waals surface area contributed by atoms with Crippen LogP contribution in [-0.4, -0.2) is 17.6 Å². The summed E-state index contributed by atoms with van der Waals surface area (Å²) >= 11 is 0. The van der Waals surface area contributed by atoms with Crippen molar-refractivity contribution in [1.82, 2.24) is 4.98 Å². The topological polar surface area (TPSA) is 65.2 Å². The fourth-order valence-electron chi connectivity index (χ4n) is 0.905. The second-order valence-electron chi connectivity index (χ2n) is 2.59. The molecular formula is C10H13ClN2O2. The zero-order chi connectivity index (χ0) is 10.4. The number of esters is 1. The second-order valence-corrected chi connectivity index (χ2v) is 2.59. The number of rotatable bonds is 3. The number of carbonyl (C=O) groups is 1. The van der Waals surface area contributed by atoms with Crippen molar-refractivity contribution in [2.75, 3.05) is 12.3 Å². The van der Waals surface area contributed by atoms with Gasteiger partial charge in [-0.05, 0) is 19.1 Å². The number of nitrogens with zero attached hydrogens (tertiary/aromatic N) is 1. The van der Waals surface area contributed by atoms with Crippen molar-refractivity contribution >= 4 is 30.1 Å². The molecule has 0 radical (unpaired) electrons. The molecule has 1 heterocycles. The summed E-state index contributed by atoms with van der Waals surface area (Å²) in [5.74, 6) is -0.379. The molecule has 0 saturated heterocycles. The second kappa shape index (κ2) is 6.84. The van der Waals surface area contributed by atoms with Crippen LogP contribution >= 0.6 is 12.4 Å². The van der Waals surface area contributed by atoms with Gasteiger partial charge in [-0.2, -0.15) is 0 Å².